The van der Waals surface area contributed by atoms with Crippen molar-refractivity contribution in [3.05, 3.63) is 14.1 Å². The van der Waals surface area contributed by atoms with E-state index in [1.807, 2.05) is 22.6 Å². The Kier molecular flexibility index (Phi) is 2.10. The standard InChI is InChI=1S/C4H3BrFIN2/c1-9-3(6)2(5)4(7)8-9/h1H3. The van der Waals surface area contributed by atoms with Gasteiger partial charge in [-0.15, -0.1) is 0 Å². The highest BCUT2D eigenvalue weighted by Crippen LogP contribution is 2.20. The molecule has 0 unspecified atom stereocenters. The van der Waals surface area contributed by atoms with Gasteiger partial charge in [0.2, 0.25) is 5.95 Å². The molecule has 0 spiro atoms. The van der Waals surface area contributed by atoms with Crippen molar-refractivity contribution in [1.82, 2.24) is 9.78 Å². The highest BCUT2D eigenvalue weighted by atomic mass is 127. The maximum absolute atomic E-state index is 12.6. The van der Waals surface area contributed by atoms with Gasteiger partial charge < -0.3 is 0 Å². The average molecular weight is 305 g/mol. The molecule has 0 atom stereocenters. The number of rotatable bonds is 0. The molecule has 1 heterocycles. The Hall–Kier alpha value is 0.350. The van der Waals surface area contributed by atoms with E-state index in [0.29, 0.717) is 8.17 Å². The molecule has 0 aliphatic carbocycles. The van der Waals surface area contributed by atoms with Crippen molar-refractivity contribution in [3.8, 4) is 0 Å². The number of aromatic nitrogens is 2. The molecule has 0 aromatic carbocycles. The van der Waals surface area contributed by atoms with Crippen LogP contribution >= 0.6 is 38.5 Å². The smallest absolute Gasteiger partial charge is 0.226 e. The lowest BCUT2D eigenvalue weighted by Crippen LogP contribution is -1.93. The van der Waals surface area contributed by atoms with E-state index in [9.17, 15) is 4.39 Å². The second-order valence-corrected chi connectivity index (χ2v) is 3.33. The zero-order valence-corrected chi connectivity index (χ0v) is 8.27. The minimum atomic E-state index is -0.334. The molecule has 0 aliphatic rings. The molecule has 1 aromatic heterocycles. The highest BCUT2D eigenvalue weighted by Gasteiger charge is 2.09. The summed E-state index contributed by atoms with van der Waals surface area (Å²) in [5, 5.41) is 3.79. The van der Waals surface area contributed by atoms with Crippen LogP contribution in [0.2, 0.25) is 0 Å². The Morgan fingerprint density at radius 2 is 2.33 bits per heavy atom. The molecule has 0 fully saturated rings. The van der Waals surface area contributed by atoms with Crippen molar-refractivity contribution in [2.75, 3.05) is 0 Å². The Balaban J connectivity index is 3.29. The Morgan fingerprint density at radius 1 is 1.78 bits per heavy atom. The number of aryl methyl sites for hydroxylation is 1. The van der Waals surface area contributed by atoms with Gasteiger partial charge in [0.25, 0.3) is 0 Å². The van der Waals surface area contributed by atoms with Gasteiger partial charge >= 0.3 is 0 Å². The maximum Gasteiger partial charge on any atom is 0.226 e. The topological polar surface area (TPSA) is 17.8 Å². The van der Waals surface area contributed by atoms with E-state index in [1.54, 1.807) is 7.05 Å². The molecule has 0 bridgehead atoms. The van der Waals surface area contributed by atoms with Gasteiger partial charge in [-0.1, -0.05) is 0 Å². The molecule has 0 aliphatic heterocycles. The quantitative estimate of drug-likeness (QED) is 0.670. The molecule has 1 rings (SSSR count). The maximum atomic E-state index is 12.6. The third-order valence-electron chi connectivity index (χ3n) is 0.884. The molecule has 0 saturated heterocycles. The van der Waals surface area contributed by atoms with Crippen molar-refractivity contribution in [1.29, 1.82) is 0 Å². The van der Waals surface area contributed by atoms with Crippen LogP contribution in [0.1, 0.15) is 0 Å². The van der Waals surface area contributed by atoms with Crippen LogP contribution in [-0.4, -0.2) is 9.78 Å². The van der Waals surface area contributed by atoms with Gasteiger partial charge in [-0.05, 0) is 38.5 Å². The summed E-state index contributed by atoms with van der Waals surface area (Å²) in [6.45, 7) is 0. The lowest BCUT2D eigenvalue weighted by Gasteiger charge is -1.84. The SMILES string of the molecule is Cn1nc(I)c(Br)c1F. The molecule has 9 heavy (non-hydrogen) atoms. The third-order valence-corrected chi connectivity index (χ3v) is 3.08. The van der Waals surface area contributed by atoms with Gasteiger partial charge in [-0.3, -0.25) is 0 Å². The predicted molar refractivity (Wildman–Crippen MR) is 43.6 cm³/mol. The van der Waals surface area contributed by atoms with Gasteiger partial charge in [-0.25, -0.2) is 4.68 Å². The van der Waals surface area contributed by atoms with E-state index in [4.69, 9.17) is 0 Å². The van der Waals surface area contributed by atoms with Crippen LogP contribution < -0.4 is 0 Å². The second kappa shape index (κ2) is 2.53. The van der Waals surface area contributed by atoms with Crippen LogP contribution in [-0.2, 0) is 7.05 Å². The van der Waals surface area contributed by atoms with Gasteiger partial charge in [0.1, 0.15) is 8.17 Å². The summed E-state index contributed by atoms with van der Waals surface area (Å²) < 4.78 is 14.9. The molecule has 2 nitrogen and oxygen atoms in total. The van der Waals surface area contributed by atoms with Crippen LogP contribution in [0.25, 0.3) is 0 Å². The van der Waals surface area contributed by atoms with Crippen LogP contribution in [0.3, 0.4) is 0 Å². The minimum absolute atomic E-state index is 0.334. The van der Waals surface area contributed by atoms with Crippen molar-refractivity contribution >= 4 is 38.5 Å². The molecule has 0 saturated carbocycles. The highest BCUT2D eigenvalue weighted by molar-refractivity contribution is 14.1. The van der Waals surface area contributed by atoms with Crippen molar-refractivity contribution < 1.29 is 4.39 Å². The van der Waals surface area contributed by atoms with E-state index in [0.717, 1.165) is 0 Å². The first-order valence-corrected chi connectivity index (χ1v) is 4.03. The predicted octanol–water partition coefficient (Wildman–Crippen LogP) is 1.93. The van der Waals surface area contributed by atoms with Gasteiger partial charge in [-0.2, -0.15) is 9.49 Å². The first kappa shape index (κ1) is 7.46. The Morgan fingerprint density at radius 3 is 2.44 bits per heavy atom. The fourth-order valence-corrected chi connectivity index (χ4v) is 1.33. The van der Waals surface area contributed by atoms with E-state index >= 15 is 0 Å². The van der Waals surface area contributed by atoms with Crippen LogP contribution in [0.15, 0.2) is 4.47 Å². The summed E-state index contributed by atoms with van der Waals surface area (Å²) >= 11 is 4.99. The monoisotopic (exact) mass is 304 g/mol. The Labute approximate surface area is 73.7 Å². The second-order valence-electron chi connectivity index (χ2n) is 1.52. The summed E-state index contributed by atoms with van der Waals surface area (Å²) in [5.41, 5.74) is 0. The summed E-state index contributed by atoms with van der Waals surface area (Å²) in [6.07, 6.45) is 0. The zero-order valence-electron chi connectivity index (χ0n) is 4.53. The normalized spacial score (nSPS) is 10.2. The van der Waals surface area contributed by atoms with Crippen molar-refractivity contribution in [2.24, 2.45) is 7.05 Å². The lowest BCUT2D eigenvalue weighted by molar-refractivity contribution is 0.499. The number of nitrogens with zero attached hydrogens (tertiary/aromatic N) is 2. The van der Waals surface area contributed by atoms with E-state index < -0.39 is 0 Å². The van der Waals surface area contributed by atoms with E-state index in [1.165, 1.54) is 4.68 Å². The summed E-state index contributed by atoms with van der Waals surface area (Å²) in [4.78, 5) is 0. The van der Waals surface area contributed by atoms with Crippen molar-refractivity contribution in [2.45, 2.75) is 0 Å². The lowest BCUT2D eigenvalue weighted by atomic mass is 10.7. The molecule has 1 aromatic rings. The Bertz CT molecular complexity index is 212. The molecular weight excluding hydrogens is 302 g/mol. The molecule has 0 N–H and O–H groups in total. The average Bonchev–Trinajstić information content (AvgIpc) is 1.98. The molecule has 0 amide bonds. The number of hydrogen-bond acceptors (Lipinski definition) is 1. The zero-order chi connectivity index (χ0) is 7.02. The van der Waals surface area contributed by atoms with Gasteiger partial charge in [0, 0.05) is 7.05 Å². The van der Waals surface area contributed by atoms with Gasteiger partial charge in [0.05, 0.1) is 0 Å². The first-order valence-electron chi connectivity index (χ1n) is 2.16. The van der Waals surface area contributed by atoms with Crippen molar-refractivity contribution in [3.63, 3.8) is 0 Å². The largest absolute Gasteiger partial charge is 0.241 e. The molecule has 0 radical (unpaired) electrons. The summed E-state index contributed by atoms with van der Waals surface area (Å²) in [6, 6.07) is 0. The number of hydrogen-bond donors (Lipinski definition) is 0. The summed E-state index contributed by atoms with van der Waals surface area (Å²) in [7, 11) is 1.56. The summed E-state index contributed by atoms with van der Waals surface area (Å²) in [5.74, 6) is -0.334. The van der Waals surface area contributed by atoms with Gasteiger partial charge in [0.15, 0.2) is 0 Å². The fraction of sp³-hybridized carbons (Fsp3) is 0.250. The molecule has 5 heteroatoms. The third kappa shape index (κ3) is 1.26. The van der Waals surface area contributed by atoms with E-state index in [2.05, 4.69) is 21.0 Å². The van der Waals surface area contributed by atoms with Crippen LogP contribution in [0, 0.1) is 9.65 Å². The molecule has 50 valence electrons. The number of halogens is 3. The fourth-order valence-electron chi connectivity index (χ4n) is 0.447. The van der Waals surface area contributed by atoms with Crippen LogP contribution in [0.4, 0.5) is 4.39 Å². The first-order chi connectivity index (χ1) is 4.13. The van der Waals surface area contributed by atoms with Crippen LogP contribution in [0.5, 0.6) is 0 Å². The minimum Gasteiger partial charge on any atom is -0.241 e. The molecular formula is C4H3BrFIN2. The van der Waals surface area contributed by atoms with E-state index in [-0.39, 0.29) is 5.95 Å².